The molecule has 0 bridgehead atoms. The van der Waals surface area contributed by atoms with Gasteiger partial charge in [-0.25, -0.2) is 0 Å². The minimum absolute atomic E-state index is 0.240. The molecule has 3 nitrogen and oxygen atoms in total. The molecule has 1 fully saturated rings. The summed E-state index contributed by atoms with van der Waals surface area (Å²) in [4.78, 5) is 14.5. The maximum absolute atomic E-state index is 12.2. The minimum Gasteiger partial charge on any atom is -0.378 e. The number of Topliss-reactive ketones (excluding diaryl/α,β-unsaturated/α-hetero) is 1. The van der Waals surface area contributed by atoms with Crippen molar-refractivity contribution in [1.29, 1.82) is 0 Å². The SMILES string of the molecule is Cc1ccc(C(=O)CC(C)C)cc1N1CCOCC1. The van der Waals surface area contributed by atoms with E-state index in [1.165, 1.54) is 11.3 Å². The van der Waals surface area contributed by atoms with Crippen molar-refractivity contribution in [1.82, 2.24) is 0 Å². The zero-order chi connectivity index (χ0) is 13.8. The lowest BCUT2D eigenvalue weighted by Gasteiger charge is -2.30. The Morgan fingerprint density at radius 1 is 1.32 bits per heavy atom. The number of hydrogen-bond donors (Lipinski definition) is 0. The zero-order valence-electron chi connectivity index (χ0n) is 12.1. The number of aryl methyl sites for hydroxylation is 1. The molecule has 0 aromatic heterocycles. The van der Waals surface area contributed by atoms with Crippen LogP contribution >= 0.6 is 0 Å². The number of carbonyl (C=O) groups is 1. The molecule has 0 N–H and O–H groups in total. The lowest BCUT2D eigenvalue weighted by molar-refractivity contribution is 0.0968. The largest absolute Gasteiger partial charge is 0.378 e. The van der Waals surface area contributed by atoms with Gasteiger partial charge in [0.1, 0.15) is 0 Å². The monoisotopic (exact) mass is 261 g/mol. The predicted molar refractivity (Wildman–Crippen MR) is 78.0 cm³/mol. The van der Waals surface area contributed by atoms with Crippen LogP contribution in [0, 0.1) is 12.8 Å². The molecule has 0 unspecified atom stereocenters. The van der Waals surface area contributed by atoms with E-state index in [2.05, 4.69) is 31.7 Å². The van der Waals surface area contributed by atoms with Crippen LogP contribution in [0.2, 0.25) is 0 Å². The van der Waals surface area contributed by atoms with E-state index < -0.39 is 0 Å². The number of nitrogens with zero attached hydrogens (tertiary/aromatic N) is 1. The summed E-state index contributed by atoms with van der Waals surface area (Å²) < 4.78 is 5.38. The minimum atomic E-state index is 0.240. The van der Waals surface area contributed by atoms with E-state index in [1.54, 1.807) is 0 Å². The van der Waals surface area contributed by atoms with E-state index in [1.807, 2.05) is 12.1 Å². The van der Waals surface area contributed by atoms with E-state index >= 15 is 0 Å². The number of carbonyl (C=O) groups excluding carboxylic acids is 1. The first-order chi connectivity index (χ1) is 9.08. The van der Waals surface area contributed by atoms with Crippen LogP contribution in [-0.4, -0.2) is 32.1 Å². The van der Waals surface area contributed by atoms with Gasteiger partial charge >= 0.3 is 0 Å². The van der Waals surface area contributed by atoms with Gasteiger partial charge in [0.2, 0.25) is 0 Å². The van der Waals surface area contributed by atoms with Crippen molar-refractivity contribution in [2.45, 2.75) is 27.2 Å². The molecule has 1 heterocycles. The maximum Gasteiger partial charge on any atom is 0.163 e. The molecule has 1 aliphatic rings. The topological polar surface area (TPSA) is 29.5 Å². The second kappa shape index (κ2) is 6.20. The highest BCUT2D eigenvalue weighted by atomic mass is 16.5. The van der Waals surface area contributed by atoms with Crippen LogP contribution in [0.25, 0.3) is 0 Å². The zero-order valence-corrected chi connectivity index (χ0v) is 12.1. The first kappa shape index (κ1) is 14.1. The first-order valence-electron chi connectivity index (χ1n) is 7.04. The number of hydrogen-bond acceptors (Lipinski definition) is 3. The molecule has 0 spiro atoms. The molecule has 2 rings (SSSR count). The molecule has 0 amide bonds. The van der Waals surface area contributed by atoms with Crippen molar-refractivity contribution in [3.05, 3.63) is 29.3 Å². The molecular formula is C16H23NO2. The number of anilines is 1. The van der Waals surface area contributed by atoms with E-state index in [-0.39, 0.29) is 5.78 Å². The Bertz CT molecular complexity index is 448. The summed E-state index contributed by atoms with van der Waals surface area (Å²) >= 11 is 0. The van der Waals surface area contributed by atoms with Gasteiger partial charge < -0.3 is 9.64 Å². The van der Waals surface area contributed by atoms with Crippen LogP contribution in [-0.2, 0) is 4.74 Å². The molecule has 1 aromatic carbocycles. The predicted octanol–water partition coefficient (Wildman–Crippen LogP) is 3.06. The average Bonchev–Trinajstić information content (AvgIpc) is 2.39. The fourth-order valence-electron chi connectivity index (χ4n) is 2.42. The Morgan fingerprint density at radius 2 is 2.00 bits per heavy atom. The third-order valence-electron chi connectivity index (χ3n) is 3.48. The van der Waals surface area contributed by atoms with E-state index in [0.717, 1.165) is 31.9 Å². The molecule has 19 heavy (non-hydrogen) atoms. The van der Waals surface area contributed by atoms with E-state index in [0.29, 0.717) is 12.3 Å². The summed E-state index contributed by atoms with van der Waals surface area (Å²) in [5.74, 6) is 0.644. The van der Waals surface area contributed by atoms with E-state index in [4.69, 9.17) is 4.74 Å². The highest BCUT2D eigenvalue weighted by molar-refractivity contribution is 5.97. The quantitative estimate of drug-likeness (QED) is 0.780. The van der Waals surface area contributed by atoms with Crippen molar-refractivity contribution < 1.29 is 9.53 Å². The van der Waals surface area contributed by atoms with Crippen LogP contribution in [0.3, 0.4) is 0 Å². The number of ketones is 1. The summed E-state index contributed by atoms with van der Waals surface area (Å²) in [5, 5.41) is 0. The Hall–Kier alpha value is -1.35. The number of morpholine rings is 1. The lowest BCUT2D eigenvalue weighted by atomic mass is 9.99. The van der Waals surface area contributed by atoms with Crippen LogP contribution in [0.15, 0.2) is 18.2 Å². The van der Waals surface area contributed by atoms with Gasteiger partial charge in [-0.05, 0) is 24.5 Å². The molecule has 0 atom stereocenters. The molecule has 1 saturated heterocycles. The molecule has 104 valence electrons. The average molecular weight is 261 g/mol. The Balaban J connectivity index is 2.21. The molecule has 3 heteroatoms. The molecule has 1 aromatic rings. The van der Waals surface area contributed by atoms with Gasteiger partial charge in [-0.3, -0.25) is 4.79 Å². The smallest absolute Gasteiger partial charge is 0.163 e. The summed E-state index contributed by atoms with van der Waals surface area (Å²) in [6.07, 6.45) is 0.617. The third kappa shape index (κ3) is 3.57. The fraction of sp³-hybridized carbons (Fsp3) is 0.562. The first-order valence-corrected chi connectivity index (χ1v) is 7.04. The fourth-order valence-corrected chi connectivity index (χ4v) is 2.42. The third-order valence-corrected chi connectivity index (χ3v) is 3.48. The van der Waals surface area contributed by atoms with Crippen molar-refractivity contribution in [2.24, 2.45) is 5.92 Å². The van der Waals surface area contributed by atoms with Crippen LogP contribution < -0.4 is 4.90 Å². The summed E-state index contributed by atoms with van der Waals surface area (Å²) in [6.45, 7) is 9.60. The lowest BCUT2D eigenvalue weighted by Crippen LogP contribution is -2.36. The second-order valence-corrected chi connectivity index (χ2v) is 5.62. The molecule has 0 aliphatic carbocycles. The Morgan fingerprint density at radius 3 is 2.63 bits per heavy atom. The van der Waals surface area contributed by atoms with Gasteiger partial charge in [-0.1, -0.05) is 26.0 Å². The van der Waals surface area contributed by atoms with Crippen LogP contribution in [0.4, 0.5) is 5.69 Å². The normalized spacial score (nSPS) is 15.9. The van der Waals surface area contributed by atoms with Gasteiger partial charge in [0.05, 0.1) is 13.2 Å². The highest BCUT2D eigenvalue weighted by Crippen LogP contribution is 2.24. The maximum atomic E-state index is 12.2. The Kier molecular flexibility index (Phi) is 4.59. The van der Waals surface area contributed by atoms with Crippen molar-refractivity contribution in [2.75, 3.05) is 31.2 Å². The number of rotatable bonds is 4. The van der Waals surface area contributed by atoms with Gasteiger partial charge in [0.15, 0.2) is 5.78 Å². The van der Waals surface area contributed by atoms with Gasteiger partial charge in [0.25, 0.3) is 0 Å². The molecular weight excluding hydrogens is 238 g/mol. The van der Waals surface area contributed by atoms with Crippen molar-refractivity contribution in [3.8, 4) is 0 Å². The summed E-state index contributed by atoms with van der Waals surface area (Å²) in [6, 6.07) is 6.05. The van der Waals surface area contributed by atoms with Crippen LogP contribution in [0.1, 0.15) is 36.2 Å². The number of ether oxygens (including phenoxy) is 1. The molecule has 1 aliphatic heterocycles. The van der Waals surface area contributed by atoms with E-state index in [9.17, 15) is 4.79 Å². The van der Waals surface area contributed by atoms with Crippen LogP contribution in [0.5, 0.6) is 0 Å². The summed E-state index contributed by atoms with van der Waals surface area (Å²) in [5.41, 5.74) is 3.24. The van der Waals surface area contributed by atoms with Crippen molar-refractivity contribution >= 4 is 11.5 Å². The van der Waals surface area contributed by atoms with Gasteiger partial charge in [0, 0.05) is 30.8 Å². The molecule has 0 saturated carbocycles. The second-order valence-electron chi connectivity index (χ2n) is 5.62. The number of benzene rings is 1. The summed E-state index contributed by atoms with van der Waals surface area (Å²) in [7, 11) is 0. The molecule has 0 radical (unpaired) electrons. The highest BCUT2D eigenvalue weighted by Gasteiger charge is 2.16. The van der Waals surface area contributed by atoms with Gasteiger partial charge in [-0.2, -0.15) is 0 Å². The van der Waals surface area contributed by atoms with Crippen molar-refractivity contribution in [3.63, 3.8) is 0 Å². The Labute approximate surface area is 115 Å². The standard InChI is InChI=1S/C16H23NO2/c1-12(2)10-16(18)14-5-4-13(3)15(11-14)17-6-8-19-9-7-17/h4-5,11-12H,6-10H2,1-3H3. The van der Waals surface area contributed by atoms with Gasteiger partial charge in [-0.15, -0.1) is 0 Å².